The molecule has 1 fully saturated rings. The van der Waals surface area contributed by atoms with Crippen molar-refractivity contribution < 1.29 is 0 Å². The zero-order valence-electron chi connectivity index (χ0n) is 10.5. The normalized spacial score (nSPS) is 21.6. The van der Waals surface area contributed by atoms with Crippen molar-refractivity contribution in [2.75, 3.05) is 11.9 Å². The summed E-state index contributed by atoms with van der Waals surface area (Å²) in [5.41, 5.74) is 2.56. The van der Waals surface area contributed by atoms with Gasteiger partial charge in [-0.25, -0.2) is 0 Å². The first-order valence-corrected chi connectivity index (χ1v) is 7.64. The Kier molecular flexibility index (Phi) is 4.99. The molecule has 1 aromatic rings. The van der Waals surface area contributed by atoms with Crippen molar-refractivity contribution in [1.29, 1.82) is 0 Å². The first kappa shape index (κ1) is 13.0. The summed E-state index contributed by atoms with van der Waals surface area (Å²) >= 11 is 3.57. The van der Waals surface area contributed by atoms with Crippen LogP contribution in [0.1, 0.15) is 36.9 Å². The lowest BCUT2D eigenvalue weighted by Gasteiger charge is -2.35. The monoisotopic (exact) mass is 296 g/mol. The summed E-state index contributed by atoms with van der Waals surface area (Å²) in [7, 11) is 0. The third kappa shape index (κ3) is 3.52. The van der Waals surface area contributed by atoms with Crippen LogP contribution >= 0.6 is 15.9 Å². The molecule has 3 heteroatoms. The summed E-state index contributed by atoms with van der Waals surface area (Å²) in [6.45, 7) is 4.41. The van der Waals surface area contributed by atoms with Crippen LogP contribution in [0.3, 0.4) is 0 Å². The Morgan fingerprint density at radius 1 is 1.47 bits per heavy atom. The maximum Gasteiger partial charge on any atom is 0.0573 e. The highest BCUT2D eigenvalue weighted by atomic mass is 79.9. The molecule has 1 aliphatic rings. The number of aryl methyl sites for hydroxylation is 1. The van der Waals surface area contributed by atoms with Crippen molar-refractivity contribution in [2.45, 2.75) is 45.2 Å². The lowest BCUT2D eigenvalue weighted by Crippen LogP contribution is -2.39. The Morgan fingerprint density at radius 3 is 3.12 bits per heavy atom. The Labute approximate surface area is 113 Å². The molecule has 94 valence electrons. The molecule has 2 rings (SSSR count). The molecule has 1 atom stereocenters. The second kappa shape index (κ2) is 6.50. The first-order valence-electron chi connectivity index (χ1n) is 6.52. The van der Waals surface area contributed by atoms with Crippen LogP contribution in [0.2, 0.25) is 0 Å². The molecule has 1 saturated heterocycles. The van der Waals surface area contributed by atoms with E-state index in [9.17, 15) is 0 Å². The zero-order chi connectivity index (χ0) is 12.1. The molecule has 0 aliphatic carbocycles. The van der Waals surface area contributed by atoms with E-state index < -0.39 is 0 Å². The SMILES string of the molecule is Cc1cccnc1CN1CCCCC1CCBr. The Bertz CT molecular complexity index is 352. The molecule has 1 unspecified atom stereocenters. The molecule has 0 N–H and O–H groups in total. The maximum atomic E-state index is 4.51. The lowest BCUT2D eigenvalue weighted by molar-refractivity contribution is 0.135. The summed E-state index contributed by atoms with van der Waals surface area (Å²) in [5, 5.41) is 1.11. The molecule has 0 spiro atoms. The van der Waals surface area contributed by atoms with Gasteiger partial charge >= 0.3 is 0 Å². The molecule has 1 aromatic heterocycles. The number of hydrogen-bond donors (Lipinski definition) is 0. The molecule has 17 heavy (non-hydrogen) atoms. The van der Waals surface area contributed by atoms with Crippen LogP contribution in [0.15, 0.2) is 18.3 Å². The largest absolute Gasteiger partial charge is 0.295 e. The fraction of sp³-hybridized carbons (Fsp3) is 0.643. The van der Waals surface area contributed by atoms with Crippen LogP contribution in [0.4, 0.5) is 0 Å². The summed E-state index contributed by atoms with van der Waals surface area (Å²) in [4.78, 5) is 7.12. The van der Waals surface area contributed by atoms with Crippen molar-refractivity contribution in [3.63, 3.8) is 0 Å². The molecule has 0 bridgehead atoms. The fourth-order valence-electron chi connectivity index (χ4n) is 2.60. The number of hydrogen-bond acceptors (Lipinski definition) is 2. The van der Waals surface area contributed by atoms with E-state index in [4.69, 9.17) is 0 Å². The van der Waals surface area contributed by atoms with Gasteiger partial charge in [0, 0.05) is 24.1 Å². The predicted octanol–water partition coefficient (Wildman–Crippen LogP) is 3.53. The van der Waals surface area contributed by atoms with Crippen LogP contribution in [0.25, 0.3) is 0 Å². The van der Waals surface area contributed by atoms with E-state index in [0.29, 0.717) is 0 Å². The number of alkyl halides is 1. The van der Waals surface area contributed by atoms with Gasteiger partial charge in [0.1, 0.15) is 0 Å². The summed E-state index contributed by atoms with van der Waals surface area (Å²) < 4.78 is 0. The second-order valence-electron chi connectivity index (χ2n) is 4.86. The van der Waals surface area contributed by atoms with E-state index in [1.54, 1.807) is 0 Å². The number of aromatic nitrogens is 1. The van der Waals surface area contributed by atoms with Crippen molar-refractivity contribution in [1.82, 2.24) is 9.88 Å². The van der Waals surface area contributed by atoms with Gasteiger partial charge in [0.15, 0.2) is 0 Å². The van der Waals surface area contributed by atoms with Gasteiger partial charge in [-0.05, 0) is 44.4 Å². The van der Waals surface area contributed by atoms with Gasteiger partial charge in [-0.1, -0.05) is 28.4 Å². The predicted molar refractivity (Wildman–Crippen MR) is 75.4 cm³/mol. The smallest absolute Gasteiger partial charge is 0.0573 e. The van der Waals surface area contributed by atoms with Crippen molar-refractivity contribution >= 4 is 15.9 Å². The van der Waals surface area contributed by atoms with Crippen LogP contribution in [0.5, 0.6) is 0 Å². The minimum atomic E-state index is 0.740. The van der Waals surface area contributed by atoms with E-state index >= 15 is 0 Å². The number of nitrogens with zero attached hydrogens (tertiary/aromatic N) is 2. The molecule has 0 saturated carbocycles. The molecular weight excluding hydrogens is 276 g/mol. The highest BCUT2D eigenvalue weighted by molar-refractivity contribution is 9.09. The van der Waals surface area contributed by atoms with E-state index in [0.717, 1.165) is 17.9 Å². The summed E-state index contributed by atoms with van der Waals surface area (Å²) in [5.74, 6) is 0. The van der Waals surface area contributed by atoms with E-state index in [2.05, 4.69) is 38.8 Å². The minimum absolute atomic E-state index is 0.740. The molecule has 1 aliphatic heterocycles. The average Bonchev–Trinajstić information content (AvgIpc) is 2.35. The Morgan fingerprint density at radius 2 is 2.35 bits per heavy atom. The van der Waals surface area contributed by atoms with Gasteiger partial charge in [-0.2, -0.15) is 0 Å². The second-order valence-corrected chi connectivity index (χ2v) is 5.66. The molecular formula is C14H21BrN2. The number of pyridine rings is 1. The van der Waals surface area contributed by atoms with Crippen LogP contribution in [0, 0.1) is 6.92 Å². The number of likely N-dealkylation sites (tertiary alicyclic amines) is 1. The van der Waals surface area contributed by atoms with Crippen molar-refractivity contribution in [3.05, 3.63) is 29.6 Å². The molecule has 0 radical (unpaired) electrons. The van der Waals surface area contributed by atoms with Gasteiger partial charge in [0.2, 0.25) is 0 Å². The number of halogens is 1. The molecule has 2 heterocycles. The Hall–Kier alpha value is -0.410. The minimum Gasteiger partial charge on any atom is -0.295 e. The molecule has 0 amide bonds. The van der Waals surface area contributed by atoms with E-state index in [1.165, 1.54) is 43.5 Å². The quantitative estimate of drug-likeness (QED) is 0.790. The number of piperidine rings is 1. The van der Waals surface area contributed by atoms with Crippen LogP contribution in [-0.4, -0.2) is 27.8 Å². The number of rotatable bonds is 4. The van der Waals surface area contributed by atoms with Gasteiger partial charge < -0.3 is 0 Å². The maximum absolute atomic E-state index is 4.51. The van der Waals surface area contributed by atoms with Gasteiger partial charge in [-0.15, -0.1) is 0 Å². The summed E-state index contributed by atoms with van der Waals surface area (Å²) in [6, 6.07) is 4.92. The van der Waals surface area contributed by atoms with Crippen molar-refractivity contribution in [3.8, 4) is 0 Å². The topological polar surface area (TPSA) is 16.1 Å². The molecule has 0 aromatic carbocycles. The standard InChI is InChI=1S/C14H21BrN2/c1-12-5-4-9-16-14(12)11-17-10-3-2-6-13(17)7-8-15/h4-5,9,13H,2-3,6-8,10-11H2,1H3. The lowest BCUT2D eigenvalue weighted by atomic mass is 9.99. The van der Waals surface area contributed by atoms with Crippen LogP contribution < -0.4 is 0 Å². The third-order valence-electron chi connectivity index (χ3n) is 3.66. The third-order valence-corrected chi connectivity index (χ3v) is 4.12. The van der Waals surface area contributed by atoms with E-state index in [-0.39, 0.29) is 0 Å². The zero-order valence-corrected chi connectivity index (χ0v) is 12.1. The van der Waals surface area contributed by atoms with Gasteiger partial charge in [-0.3, -0.25) is 9.88 Å². The summed E-state index contributed by atoms with van der Waals surface area (Å²) in [6.07, 6.45) is 7.23. The first-order chi connectivity index (χ1) is 8.31. The average molecular weight is 297 g/mol. The molecule has 2 nitrogen and oxygen atoms in total. The van der Waals surface area contributed by atoms with E-state index in [1.807, 2.05) is 12.3 Å². The fourth-order valence-corrected chi connectivity index (χ4v) is 3.13. The van der Waals surface area contributed by atoms with Gasteiger partial charge in [0.05, 0.1) is 5.69 Å². The highest BCUT2D eigenvalue weighted by Crippen LogP contribution is 2.22. The van der Waals surface area contributed by atoms with Crippen molar-refractivity contribution in [2.24, 2.45) is 0 Å². The highest BCUT2D eigenvalue weighted by Gasteiger charge is 2.22. The van der Waals surface area contributed by atoms with Gasteiger partial charge in [0.25, 0.3) is 0 Å². The Balaban J connectivity index is 2.03. The van der Waals surface area contributed by atoms with Crippen LogP contribution in [-0.2, 0) is 6.54 Å².